The number of hydrogen-bond acceptors (Lipinski definition) is 3. The monoisotopic (exact) mass is 160 g/mol. The van der Waals surface area contributed by atoms with E-state index >= 15 is 0 Å². The Hall–Kier alpha value is -0.120. The van der Waals surface area contributed by atoms with Crippen molar-refractivity contribution in [3.8, 4) is 0 Å². The predicted octanol–water partition coefficient (Wildman–Crippen LogP) is 2.22. The fraction of sp³-hybridized carbons (Fsp3) is 1.00. The van der Waals surface area contributed by atoms with Gasteiger partial charge in [0.1, 0.15) is 0 Å². The molecule has 0 spiro atoms. The molecule has 1 rings (SSSR count). The van der Waals surface area contributed by atoms with Crippen molar-refractivity contribution >= 4 is 0 Å². The zero-order chi connectivity index (χ0) is 8.54. The maximum absolute atomic E-state index is 5.59. The zero-order valence-corrected chi connectivity index (χ0v) is 7.64. The third-order valence-corrected chi connectivity index (χ3v) is 2.11. The van der Waals surface area contributed by atoms with Gasteiger partial charge in [0, 0.05) is 12.8 Å². The Morgan fingerprint density at radius 1 is 0.909 bits per heavy atom. The van der Waals surface area contributed by atoms with Crippen LogP contribution in [0.4, 0.5) is 0 Å². The van der Waals surface area contributed by atoms with Crippen LogP contribution < -0.4 is 0 Å². The molecule has 0 bridgehead atoms. The van der Waals surface area contributed by atoms with Gasteiger partial charge in [0.15, 0.2) is 0 Å². The van der Waals surface area contributed by atoms with E-state index in [1.807, 2.05) is 27.7 Å². The van der Waals surface area contributed by atoms with Gasteiger partial charge in [0.25, 0.3) is 0 Å². The molecule has 1 aliphatic heterocycles. The molecule has 1 fully saturated rings. The van der Waals surface area contributed by atoms with Crippen LogP contribution in [0.5, 0.6) is 0 Å². The van der Waals surface area contributed by atoms with Gasteiger partial charge in [0.2, 0.25) is 11.6 Å². The molecule has 3 nitrogen and oxygen atoms in total. The molecule has 1 saturated heterocycles. The topological polar surface area (TPSA) is 27.7 Å². The molecule has 66 valence electrons. The summed E-state index contributed by atoms with van der Waals surface area (Å²) < 4.78 is 5.59. The van der Waals surface area contributed by atoms with Gasteiger partial charge in [-0.25, -0.2) is 0 Å². The predicted molar refractivity (Wildman–Crippen MR) is 40.6 cm³/mol. The highest BCUT2D eigenvalue weighted by Gasteiger charge is 2.44. The van der Waals surface area contributed by atoms with Crippen molar-refractivity contribution in [2.24, 2.45) is 0 Å². The summed E-state index contributed by atoms with van der Waals surface area (Å²) in [6.07, 6.45) is 1.59. The molecule has 0 N–H and O–H groups in total. The Balaban J connectivity index is 2.58. The van der Waals surface area contributed by atoms with Crippen LogP contribution in [0.2, 0.25) is 0 Å². The van der Waals surface area contributed by atoms with Gasteiger partial charge in [-0.1, -0.05) is 13.8 Å². The van der Waals surface area contributed by atoms with E-state index in [1.54, 1.807) is 0 Å². The van der Waals surface area contributed by atoms with E-state index in [0.29, 0.717) is 0 Å². The molecule has 0 aromatic heterocycles. The Morgan fingerprint density at radius 3 is 1.45 bits per heavy atom. The highest BCUT2D eigenvalue weighted by atomic mass is 17.3. The molecule has 1 aliphatic rings. The maximum Gasteiger partial charge on any atom is 0.201 e. The Bertz CT molecular complexity index is 132. The lowest BCUT2D eigenvalue weighted by Gasteiger charge is -2.21. The van der Waals surface area contributed by atoms with E-state index < -0.39 is 11.6 Å². The summed E-state index contributed by atoms with van der Waals surface area (Å²) in [6, 6.07) is 0. The van der Waals surface area contributed by atoms with E-state index in [0.717, 1.165) is 12.8 Å². The Morgan fingerprint density at radius 2 is 1.27 bits per heavy atom. The molecule has 2 atom stereocenters. The second-order valence-electron chi connectivity index (χ2n) is 3.24. The van der Waals surface area contributed by atoms with Crippen molar-refractivity contribution in [3.05, 3.63) is 0 Å². The van der Waals surface area contributed by atoms with Crippen molar-refractivity contribution < 1.29 is 14.5 Å². The summed E-state index contributed by atoms with van der Waals surface area (Å²) in [5.41, 5.74) is 0. The van der Waals surface area contributed by atoms with Crippen molar-refractivity contribution in [2.45, 2.75) is 52.1 Å². The smallest absolute Gasteiger partial charge is 0.201 e. The van der Waals surface area contributed by atoms with Crippen LogP contribution in [-0.2, 0) is 14.5 Å². The summed E-state index contributed by atoms with van der Waals surface area (Å²) in [4.78, 5) is 10.1. The standard InChI is InChI=1S/C8H16O3/c1-5-7(3)9-8(4,6-2)11-10-7/h5-6H2,1-4H3. The van der Waals surface area contributed by atoms with E-state index in [9.17, 15) is 0 Å². The molecule has 0 amide bonds. The van der Waals surface area contributed by atoms with Gasteiger partial charge >= 0.3 is 0 Å². The Kier molecular flexibility index (Phi) is 2.23. The van der Waals surface area contributed by atoms with Crippen molar-refractivity contribution in [2.75, 3.05) is 0 Å². The fourth-order valence-corrected chi connectivity index (χ4v) is 0.929. The quantitative estimate of drug-likeness (QED) is 0.580. The lowest BCUT2D eigenvalue weighted by molar-refractivity contribution is -0.344. The Labute approximate surface area is 67.6 Å². The first kappa shape index (κ1) is 8.97. The molecule has 11 heavy (non-hydrogen) atoms. The normalized spacial score (nSPS) is 44.7. The van der Waals surface area contributed by atoms with Crippen LogP contribution in [0.15, 0.2) is 0 Å². The molecule has 3 heteroatoms. The van der Waals surface area contributed by atoms with Crippen molar-refractivity contribution in [1.82, 2.24) is 0 Å². The van der Waals surface area contributed by atoms with Gasteiger partial charge < -0.3 is 4.74 Å². The molecular weight excluding hydrogens is 144 g/mol. The summed E-state index contributed by atoms with van der Waals surface area (Å²) in [6.45, 7) is 7.78. The molecule has 0 aliphatic carbocycles. The van der Waals surface area contributed by atoms with Crippen LogP contribution in [-0.4, -0.2) is 11.6 Å². The largest absolute Gasteiger partial charge is 0.313 e. The number of rotatable bonds is 2. The average Bonchev–Trinajstić information content (AvgIpc) is 2.30. The van der Waals surface area contributed by atoms with Crippen LogP contribution in [0.25, 0.3) is 0 Å². The molecule has 0 aromatic rings. The summed E-state index contributed by atoms with van der Waals surface area (Å²) in [5.74, 6) is -1.10. The van der Waals surface area contributed by atoms with Gasteiger partial charge in [-0.3, -0.25) is 0 Å². The lowest BCUT2D eigenvalue weighted by Crippen LogP contribution is -2.30. The van der Waals surface area contributed by atoms with Gasteiger partial charge in [-0.2, -0.15) is 9.78 Å². The average molecular weight is 160 g/mol. The summed E-state index contributed by atoms with van der Waals surface area (Å²) >= 11 is 0. The molecule has 0 saturated carbocycles. The van der Waals surface area contributed by atoms with Gasteiger partial charge in [0.05, 0.1) is 0 Å². The second kappa shape index (κ2) is 2.73. The van der Waals surface area contributed by atoms with Gasteiger partial charge in [-0.05, 0) is 13.8 Å². The highest BCUT2D eigenvalue weighted by Crippen LogP contribution is 2.36. The maximum atomic E-state index is 5.59. The third kappa shape index (κ3) is 1.72. The molecule has 2 unspecified atom stereocenters. The first-order valence-electron chi connectivity index (χ1n) is 4.10. The minimum atomic E-state index is -0.551. The molecule has 0 aromatic carbocycles. The van der Waals surface area contributed by atoms with Crippen molar-refractivity contribution in [1.29, 1.82) is 0 Å². The van der Waals surface area contributed by atoms with Crippen molar-refractivity contribution in [3.63, 3.8) is 0 Å². The van der Waals surface area contributed by atoms with Crippen LogP contribution in [0, 0.1) is 0 Å². The minimum absolute atomic E-state index is 0.551. The summed E-state index contributed by atoms with van der Waals surface area (Å²) in [5, 5.41) is 0. The molecule has 0 radical (unpaired) electrons. The molecule has 1 heterocycles. The lowest BCUT2D eigenvalue weighted by atomic mass is 10.2. The third-order valence-electron chi connectivity index (χ3n) is 2.11. The van der Waals surface area contributed by atoms with E-state index in [-0.39, 0.29) is 0 Å². The van der Waals surface area contributed by atoms with Crippen LogP contribution >= 0.6 is 0 Å². The zero-order valence-electron chi connectivity index (χ0n) is 7.64. The first-order valence-corrected chi connectivity index (χ1v) is 4.10. The minimum Gasteiger partial charge on any atom is -0.313 e. The first-order chi connectivity index (χ1) is 5.04. The highest BCUT2D eigenvalue weighted by molar-refractivity contribution is 4.70. The molecular formula is C8H16O3. The SMILES string of the molecule is CCC1(C)OOC(C)(CC)O1. The van der Waals surface area contributed by atoms with Gasteiger partial charge in [-0.15, -0.1) is 0 Å². The van der Waals surface area contributed by atoms with E-state index in [1.165, 1.54) is 0 Å². The summed E-state index contributed by atoms with van der Waals surface area (Å²) in [7, 11) is 0. The van der Waals surface area contributed by atoms with E-state index in [2.05, 4.69) is 0 Å². The van der Waals surface area contributed by atoms with E-state index in [4.69, 9.17) is 14.5 Å². The van der Waals surface area contributed by atoms with Crippen LogP contribution in [0.1, 0.15) is 40.5 Å². The number of ether oxygens (including phenoxy) is 1. The fourth-order valence-electron chi connectivity index (χ4n) is 0.929. The number of hydrogen-bond donors (Lipinski definition) is 0. The second-order valence-corrected chi connectivity index (χ2v) is 3.24. The van der Waals surface area contributed by atoms with Crippen LogP contribution in [0.3, 0.4) is 0 Å².